The zero-order valence-corrected chi connectivity index (χ0v) is 7.70. The Hall–Kier alpha value is -1.36. The normalized spacial score (nSPS) is 10.4. The molecule has 1 amide bonds. The molecule has 1 rings (SSSR count). The summed E-state index contributed by atoms with van der Waals surface area (Å²) in [4.78, 5) is 22.5. The fraction of sp³-hybridized carbons (Fsp3) is 0.500. The molecule has 0 bridgehead atoms. The van der Waals surface area contributed by atoms with E-state index in [0.717, 1.165) is 0 Å². The third-order valence-corrected chi connectivity index (χ3v) is 1.32. The summed E-state index contributed by atoms with van der Waals surface area (Å²) in [7, 11) is 0. The topological polar surface area (TPSA) is 67.0 Å². The maximum atomic E-state index is 11.2. The molecular formula is C8H13N3O2. The molecular weight excluding hydrogens is 170 g/mol. The quantitative estimate of drug-likeness (QED) is 0.676. The van der Waals surface area contributed by atoms with Gasteiger partial charge in [-0.25, -0.2) is 10.5 Å². The van der Waals surface area contributed by atoms with E-state index in [1.807, 2.05) is 13.8 Å². The molecule has 5 nitrogen and oxygen atoms in total. The lowest BCUT2D eigenvalue weighted by Gasteiger charge is -2.05. The van der Waals surface area contributed by atoms with Crippen molar-refractivity contribution in [1.29, 1.82) is 0 Å². The van der Waals surface area contributed by atoms with Crippen molar-refractivity contribution in [2.45, 2.75) is 13.8 Å². The highest BCUT2D eigenvalue weighted by Gasteiger charge is 2.05. The molecule has 0 aromatic carbocycles. The number of aromatic amines is 1. The summed E-state index contributed by atoms with van der Waals surface area (Å²) in [6.07, 6.45) is 2.88. The molecule has 5 heteroatoms. The van der Waals surface area contributed by atoms with Crippen LogP contribution in [-0.2, 0) is 4.84 Å². The summed E-state index contributed by atoms with van der Waals surface area (Å²) < 4.78 is 0. The van der Waals surface area contributed by atoms with E-state index in [2.05, 4.69) is 15.4 Å². The predicted molar refractivity (Wildman–Crippen MR) is 46.8 cm³/mol. The Bertz CT molecular complexity index is 256. The van der Waals surface area contributed by atoms with Gasteiger partial charge in [-0.05, 0) is 5.92 Å². The molecule has 0 aliphatic heterocycles. The van der Waals surface area contributed by atoms with Crippen molar-refractivity contribution in [1.82, 2.24) is 15.4 Å². The number of hydrogen-bond acceptors (Lipinski definition) is 3. The van der Waals surface area contributed by atoms with Crippen molar-refractivity contribution in [3.8, 4) is 0 Å². The standard InChI is InChI=1S/C8H13N3O2/c1-6(2)4-13-11-8(12)7-3-9-5-10-7/h3,5-6H,4H2,1-2H3,(H,9,10)(H,11,12). The number of imidazole rings is 1. The first-order valence-corrected chi connectivity index (χ1v) is 4.10. The van der Waals surface area contributed by atoms with Crippen LogP contribution in [0.1, 0.15) is 24.3 Å². The van der Waals surface area contributed by atoms with Crippen molar-refractivity contribution in [3.05, 3.63) is 18.2 Å². The van der Waals surface area contributed by atoms with E-state index in [9.17, 15) is 4.79 Å². The molecule has 0 atom stereocenters. The fourth-order valence-corrected chi connectivity index (χ4v) is 0.709. The SMILES string of the molecule is CC(C)CONC(=O)c1cnc[nH]1. The highest BCUT2D eigenvalue weighted by atomic mass is 16.6. The molecule has 0 saturated heterocycles. The van der Waals surface area contributed by atoms with E-state index in [1.165, 1.54) is 12.5 Å². The highest BCUT2D eigenvalue weighted by Crippen LogP contribution is 1.93. The first-order valence-electron chi connectivity index (χ1n) is 4.10. The number of hydroxylamine groups is 1. The largest absolute Gasteiger partial charge is 0.341 e. The molecule has 0 aliphatic carbocycles. The number of nitrogens with zero attached hydrogens (tertiary/aromatic N) is 1. The summed E-state index contributed by atoms with van der Waals surface area (Å²) in [6, 6.07) is 0. The Morgan fingerprint density at radius 1 is 1.77 bits per heavy atom. The lowest BCUT2D eigenvalue weighted by molar-refractivity contribution is 0.0205. The van der Waals surface area contributed by atoms with Crippen LogP contribution in [0.2, 0.25) is 0 Å². The first-order chi connectivity index (χ1) is 6.20. The summed E-state index contributed by atoms with van der Waals surface area (Å²) in [5.74, 6) is 0.0835. The van der Waals surface area contributed by atoms with Gasteiger partial charge in [0.2, 0.25) is 0 Å². The average Bonchev–Trinajstić information content (AvgIpc) is 2.55. The van der Waals surface area contributed by atoms with Crippen molar-refractivity contribution >= 4 is 5.91 Å². The second-order valence-electron chi connectivity index (χ2n) is 3.10. The van der Waals surface area contributed by atoms with Gasteiger partial charge in [0.05, 0.1) is 19.1 Å². The van der Waals surface area contributed by atoms with E-state index >= 15 is 0 Å². The number of rotatable bonds is 4. The summed E-state index contributed by atoms with van der Waals surface area (Å²) >= 11 is 0. The molecule has 0 radical (unpaired) electrons. The van der Waals surface area contributed by atoms with Crippen LogP contribution in [0.15, 0.2) is 12.5 Å². The average molecular weight is 183 g/mol. The number of carbonyl (C=O) groups excluding carboxylic acids is 1. The fourth-order valence-electron chi connectivity index (χ4n) is 0.709. The van der Waals surface area contributed by atoms with Crippen LogP contribution in [0.25, 0.3) is 0 Å². The first kappa shape index (κ1) is 9.73. The van der Waals surface area contributed by atoms with Crippen molar-refractivity contribution in [3.63, 3.8) is 0 Å². The van der Waals surface area contributed by atoms with E-state index < -0.39 is 0 Å². The maximum Gasteiger partial charge on any atom is 0.292 e. The van der Waals surface area contributed by atoms with Gasteiger partial charge in [-0.2, -0.15) is 0 Å². The van der Waals surface area contributed by atoms with Crippen LogP contribution in [-0.4, -0.2) is 22.5 Å². The third-order valence-electron chi connectivity index (χ3n) is 1.32. The smallest absolute Gasteiger partial charge is 0.292 e. The van der Waals surface area contributed by atoms with E-state index in [-0.39, 0.29) is 5.91 Å². The highest BCUT2D eigenvalue weighted by molar-refractivity contribution is 5.91. The molecule has 2 N–H and O–H groups in total. The predicted octanol–water partition coefficient (Wildman–Crippen LogP) is 0.727. The summed E-state index contributed by atoms with van der Waals surface area (Å²) in [6.45, 7) is 4.50. The minimum atomic E-state index is -0.307. The van der Waals surface area contributed by atoms with Crippen LogP contribution in [0.3, 0.4) is 0 Å². The monoisotopic (exact) mass is 183 g/mol. The molecule has 0 saturated carbocycles. The Kier molecular flexibility index (Phi) is 3.45. The van der Waals surface area contributed by atoms with Gasteiger partial charge in [0.1, 0.15) is 5.69 Å². The molecule has 1 aromatic heterocycles. The van der Waals surface area contributed by atoms with Gasteiger partial charge in [-0.15, -0.1) is 0 Å². The van der Waals surface area contributed by atoms with E-state index in [4.69, 9.17) is 4.84 Å². The lowest BCUT2D eigenvalue weighted by atomic mass is 10.2. The van der Waals surface area contributed by atoms with Crippen LogP contribution in [0, 0.1) is 5.92 Å². The molecule has 1 heterocycles. The molecule has 0 spiro atoms. The molecule has 0 unspecified atom stereocenters. The van der Waals surface area contributed by atoms with Crippen LogP contribution >= 0.6 is 0 Å². The maximum absolute atomic E-state index is 11.2. The number of aromatic nitrogens is 2. The minimum absolute atomic E-state index is 0.307. The van der Waals surface area contributed by atoms with Crippen molar-refractivity contribution in [2.75, 3.05) is 6.61 Å². The van der Waals surface area contributed by atoms with Gasteiger partial charge in [0.15, 0.2) is 0 Å². The van der Waals surface area contributed by atoms with Crippen LogP contribution in [0.4, 0.5) is 0 Å². The van der Waals surface area contributed by atoms with Crippen molar-refractivity contribution in [2.24, 2.45) is 5.92 Å². The van der Waals surface area contributed by atoms with E-state index in [0.29, 0.717) is 18.2 Å². The summed E-state index contributed by atoms with van der Waals surface area (Å²) in [5, 5.41) is 0. The van der Waals surface area contributed by atoms with Gasteiger partial charge < -0.3 is 4.98 Å². The number of carbonyl (C=O) groups is 1. The second-order valence-corrected chi connectivity index (χ2v) is 3.10. The Balaban J connectivity index is 2.27. The van der Waals surface area contributed by atoms with E-state index in [1.54, 1.807) is 0 Å². The number of hydrogen-bond donors (Lipinski definition) is 2. The number of amides is 1. The number of H-pyrrole nitrogens is 1. The lowest BCUT2D eigenvalue weighted by Crippen LogP contribution is -2.25. The van der Waals surface area contributed by atoms with Gasteiger partial charge in [-0.1, -0.05) is 13.8 Å². The summed E-state index contributed by atoms with van der Waals surface area (Å²) in [5.41, 5.74) is 2.70. The van der Waals surface area contributed by atoms with Crippen LogP contribution in [0.5, 0.6) is 0 Å². The molecule has 13 heavy (non-hydrogen) atoms. The Labute approximate surface area is 76.5 Å². The zero-order valence-electron chi connectivity index (χ0n) is 7.70. The van der Waals surface area contributed by atoms with Crippen molar-refractivity contribution < 1.29 is 9.63 Å². The number of nitrogens with one attached hydrogen (secondary N) is 2. The van der Waals surface area contributed by atoms with Gasteiger partial charge in [0.25, 0.3) is 5.91 Å². The van der Waals surface area contributed by atoms with Gasteiger partial charge >= 0.3 is 0 Å². The Morgan fingerprint density at radius 3 is 3.08 bits per heavy atom. The molecule has 1 aromatic rings. The molecule has 0 fully saturated rings. The van der Waals surface area contributed by atoms with Gasteiger partial charge in [0, 0.05) is 0 Å². The minimum Gasteiger partial charge on any atom is -0.341 e. The second kappa shape index (κ2) is 4.61. The molecule has 0 aliphatic rings. The molecule has 72 valence electrons. The van der Waals surface area contributed by atoms with Crippen LogP contribution < -0.4 is 5.48 Å². The third kappa shape index (κ3) is 3.25. The zero-order chi connectivity index (χ0) is 9.68. The Morgan fingerprint density at radius 2 is 2.54 bits per heavy atom. The van der Waals surface area contributed by atoms with Gasteiger partial charge in [-0.3, -0.25) is 9.63 Å².